The molecule has 5 nitrogen and oxygen atoms in total. The second kappa shape index (κ2) is 8.33. The first-order chi connectivity index (χ1) is 11.9. The molecule has 0 aliphatic rings. The van der Waals surface area contributed by atoms with E-state index in [9.17, 15) is 9.59 Å². The van der Waals surface area contributed by atoms with E-state index in [4.69, 9.17) is 9.47 Å². The Morgan fingerprint density at radius 2 is 1.84 bits per heavy atom. The standard InChI is InChI=1S/C20H23NO4/c1-5-24-20(23)16-9-7-10-17(12-16)21-19(22)15(4)25-18-11-6-8-13(2)14(18)3/h6-12,15H,5H2,1-4H3,(H,21,22)/t15-/m1/s1. The van der Waals surface area contributed by atoms with Crippen LogP contribution in [0, 0.1) is 13.8 Å². The van der Waals surface area contributed by atoms with Crippen LogP contribution in [0.25, 0.3) is 0 Å². The molecule has 0 unspecified atom stereocenters. The van der Waals surface area contributed by atoms with Crippen molar-refractivity contribution in [3.63, 3.8) is 0 Å². The monoisotopic (exact) mass is 341 g/mol. The average Bonchev–Trinajstić information content (AvgIpc) is 2.59. The highest BCUT2D eigenvalue weighted by Gasteiger charge is 2.17. The first-order valence-electron chi connectivity index (χ1n) is 8.23. The number of anilines is 1. The molecule has 0 saturated heterocycles. The van der Waals surface area contributed by atoms with Crippen LogP contribution >= 0.6 is 0 Å². The number of esters is 1. The number of amides is 1. The number of aryl methyl sites for hydroxylation is 1. The van der Waals surface area contributed by atoms with Crippen LogP contribution in [0.1, 0.15) is 35.3 Å². The van der Waals surface area contributed by atoms with Gasteiger partial charge in [0.2, 0.25) is 0 Å². The van der Waals surface area contributed by atoms with Gasteiger partial charge in [0.1, 0.15) is 5.75 Å². The molecule has 0 aliphatic carbocycles. The molecule has 25 heavy (non-hydrogen) atoms. The third kappa shape index (κ3) is 4.83. The molecule has 0 aromatic heterocycles. The molecule has 1 amide bonds. The van der Waals surface area contributed by atoms with E-state index in [1.165, 1.54) is 0 Å². The Hall–Kier alpha value is -2.82. The molecule has 0 radical (unpaired) electrons. The van der Waals surface area contributed by atoms with Crippen molar-refractivity contribution >= 4 is 17.6 Å². The molecule has 0 fully saturated rings. The quantitative estimate of drug-likeness (QED) is 0.810. The van der Waals surface area contributed by atoms with Crippen LogP contribution in [0.4, 0.5) is 5.69 Å². The van der Waals surface area contributed by atoms with Crippen LogP contribution in [-0.4, -0.2) is 24.6 Å². The van der Waals surface area contributed by atoms with Gasteiger partial charge in [-0.15, -0.1) is 0 Å². The van der Waals surface area contributed by atoms with Crippen molar-refractivity contribution < 1.29 is 19.1 Å². The third-order valence-corrected chi connectivity index (χ3v) is 3.87. The van der Waals surface area contributed by atoms with Gasteiger partial charge in [-0.1, -0.05) is 18.2 Å². The predicted octanol–water partition coefficient (Wildman–Crippen LogP) is 3.89. The van der Waals surface area contributed by atoms with Gasteiger partial charge in [-0.3, -0.25) is 4.79 Å². The summed E-state index contributed by atoms with van der Waals surface area (Å²) in [5, 5.41) is 2.76. The van der Waals surface area contributed by atoms with Gasteiger partial charge < -0.3 is 14.8 Å². The molecular weight excluding hydrogens is 318 g/mol. The minimum absolute atomic E-state index is 0.290. The lowest BCUT2D eigenvalue weighted by atomic mass is 10.1. The van der Waals surface area contributed by atoms with E-state index in [0.29, 0.717) is 23.6 Å². The Labute approximate surface area is 148 Å². The summed E-state index contributed by atoms with van der Waals surface area (Å²) in [6.45, 7) is 7.68. The van der Waals surface area contributed by atoms with Gasteiger partial charge in [-0.05, 0) is 63.1 Å². The average molecular weight is 341 g/mol. The van der Waals surface area contributed by atoms with E-state index in [2.05, 4.69) is 5.32 Å². The summed E-state index contributed by atoms with van der Waals surface area (Å²) in [7, 11) is 0. The van der Waals surface area contributed by atoms with E-state index < -0.39 is 12.1 Å². The van der Waals surface area contributed by atoms with E-state index in [1.54, 1.807) is 38.1 Å². The Morgan fingerprint density at radius 1 is 1.12 bits per heavy atom. The Morgan fingerprint density at radius 3 is 2.56 bits per heavy atom. The van der Waals surface area contributed by atoms with Gasteiger partial charge in [0.05, 0.1) is 12.2 Å². The zero-order chi connectivity index (χ0) is 18.4. The second-order valence-corrected chi connectivity index (χ2v) is 5.75. The zero-order valence-corrected chi connectivity index (χ0v) is 15.0. The highest BCUT2D eigenvalue weighted by Crippen LogP contribution is 2.22. The van der Waals surface area contributed by atoms with Gasteiger partial charge in [-0.25, -0.2) is 4.79 Å². The minimum atomic E-state index is -0.674. The zero-order valence-electron chi connectivity index (χ0n) is 15.0. The molecule has 2 aromatic carbocycles. The molecular formula is C20H23NO4. The maximum absolute atomic E-state index is 12.4. The normalized spacial score (nSPS) is 11.5. The SMILES string of the molecule is CCOC(=O)c1cccc(NC(=O)[C@@H](C)Oc2cccc(C)c2C)c1. The molecule has 0 heterocycles. The summed E-state index contributed by atoms with van der Waals surface area (Å²) < 4.78 is 10.7. The molecule has 5 heteroatoms. The predicted molar refractivity (Wildman–Crippen MR) is 97.0 cm³/mol. The lowest BCUT2D eigenvalue weighted by Gasteiger charge is -2.17. The van der Waals surface area contributed by atoms with Crippen LogP contribution in [-0.2, 0) is 9.53 Å². The fourth-order valence-corrected chi connectivity index (χ4v) is 2.28. The van der Waals surface area contributed by atoms with Gasteiger partial charge in [0.15, 0.2) is 6.10 Å². The van der Waals surface area contributed by atoms with Gasteiger partial charge in [-0.2, -0.15) is 0 Å². The summed E-state index contributed by atoms with van der Waals surface area (Å²) in [6.07, 6.45) is -0.674. The summed E-state index contributed by atoms with van der Waals surface area (Å²) in [5.74, 6) is -0.0249. The van der Waals surface area contributed by atoms with E-state index >= 15 is 0 Å². The van der Waals surface area contributed by atoms with Crippen molar-refractivity contribution in [2.45, 2.75) is 33.8 Å². The summed E-state index contributed by atoms with van der Waals surface area (Å²) in [4.78, 5) is 24.1. The molecule has 0 spiro atoms. The van der Waals surface area contributed by atoms with E-state index in [0.717, 1.165) is 11.1 Å². The first kappa shape index (κ1) is 18.5. The number of hydrogen-bond acceptors (Lipinski definition) is 4. The van der Waals surface area contributed by atoms with Crippen LogP contribution in [0.15, 0.2) is 42.5 Å². The Balaban J connectivity index is 2.05. The fourth-order valence-electron chi connectivity index (χ4n) is 2.28. The van der Waals surface area contributed by atoms with Crippen molar-refractivity contribution in [2.24, 2.45) is 0 Å². The Bertz CT molecular complexity index is 770. The van der Waals surface area contributed by atoms with Crippen molar-refractivity contribution in [1.29, 1.82) is 0 Å². The molecule has 0 bridgehead atoms. The molecule has 132 valence electrons. The van der Waals surface area contributed by atoms with Gasteiger partial charge in [0.25, 0.3) is 5.91 Å². The summed E-state index contributed by atoms with van der Waals surface area (Å²) in [6, 6.07) is 12.4. The van der Waals surface area contributed by atoms with Crippen LogP contribution in [0.2, 0.25) is 0 Å². The van der Waals surface area contributed by atoms with Crippen molar-refractivity contribution in [3.8, 4) is 5.75 Å². The topological polar surface area (TPSA) is 64.6 Å². The molecule has 0 aliphatic heterocycles. The number of hydrogen-bond donors (Lipinski definition) is 1. The Kier molecular flexibility index (Phi) is 6.17. The van der Waals surface area contributed by atoms with Crippen molar-refractivity contribution in [2.75, 3.05) is 11.9 Å². The number of carbonyl (C=O) groups is 2. The lowest BCUT2D eigenvalue weighted by Crippen LogP contribution is -2.30. The second-order valence-electron chi connectivity index (χ2n) is 5.75. The summed E-state index contributed by atoms with van der Waals surface area (Å²) in [5.41, 5.74) is 3.02. The van der Waals surface area contributed by atoms with Crippen molar-refractivity contribution in [3.05, 3.63) is 59.2 Å². The van der Waals surface area contributed by atoms with Gasteiger partial charge >= 0.3 is 5.97 Å². The summed E-state index contributed by atoms with van der Waals surface area (Å²) >= 11 is 0. The minimum Gasteiger partial charge on any atom is -0.481 e. The van der Waals surface area contributed by atoms with Crippen LogP contribution in [0.3, 0.4) is 0 Å². The van der Waals surface area contributed by atoms with Crippen LogP contribution in [0.5, 0.6) is 5.75 Å². The third-order valence-electron chi connectivity index (χ3n) is 3.87. The smallest absolute Gasteiger partial charge is 0.338 e. The highest BCUT2D eigenvalue weighted by molar-refractivity contribution is 5.96. The number of ether oxygens (including phenoxy) is 2. The molecule has 0 saturated carbocycles. The number of nitrogens with one attached hydrogen (secondary N) is 1. The fraction of sp³-hybridized carbons (Fsp3) is 0.300. The molecule has 2 aromatic rings. The maximum Gasteiger partial charge on any atom is 0.338 e. The number of rotatable bonds is 6. The molecule has 1 atom stereocenters. The van der Waals surface area contributed by atoms with Crippen molar-refractivity contribution in [1.82, 2.24) is 0 Å². The first-order valence-corrected chi connectivity index (χ1v) is 8.23. The number of carbonyl (C=O) groups excluding carboxylic acids is 2. The van der Waals surface area contributed by atoms with Crippen LogP contribution < -0.4 is 10.1 Å². The highest BCUT2D eigenvalue weighted by atomic mass is 16.5. The molecule has 2 rings (SSSR count). The molecule has 1 N–H and O–H groups in total. The largest absolute Gasteiger partial charge is 0.481 e. The maximum atomic E-state index is 12.4. The van der Waals surface area contributed by atoms with E-state index in [1.807, 2.05) is 32.0 Å². The lowest BCUT2D eigenvalue weighted by molar-refractivity contribution is -0.122. The van der Waals surface area contributed by atoms with Gasteiger partial charge in [0, 0.05) is 5.69 Å². The van der Waals surface area contributed by atoms with E-state index in [-0.39, 0.29) is 5.91 Å². The number of benzene rings is 2.